The highest BCUT2D eigenvalue weighted by Crippen LogP contribution is 2.16. The third-order valence-corrected chi connectivity index (χ3v) is 2.48. The Morgan fingerprint density at radius 2 is 2.28 bits per heavy atom. The number of nitro benzene ring substituents is 1. The van der Waals surface area contributed by atoms with E-state index in [2.05, 4.69) is 4.98 Å². The summed E-state index contributed by atoms with van der Waals surface area (Å²) in [5.41, 5.74) is -0.159. The number of non-ortho nitro benzene ring substituents is 1. The summed E-state index contributed by atoms with van der Waals surface area (Å²) in [5.74, 6) is 0. The molecule has 7 heteroatoms. The van der Waals surface area contributed by atoms with Gasteiger partial charge >= 0.3 is 0 Å². The van der Waals surface area contributed by atoms with Crippen molar-refractivity contribution in [1.29, 1.82) is 0 Å². The number of benzene rings is 1. The lowest BCUT2D eigenvalue weighted by Crippen LogP contribution is -2.25. The van der Waals surface area contributed by atoms with Gasteiger partial charge in [-0.2, -0.15) is 0 Å². The molecule has 0 aliphatic heterocycles. The van der Waals surface area contributed by atoms with Crippen molar-refractivity contribution in [2.45, 2.75) is 19.6 Å². The number of fused-ring (bicyclic) bond motifs is 1. The van der Waals surface area contributed by atoms with Gasteiger partial charge in [-0.15, -0.1) is 0 Å². The van der Waals surface area contributed by atoms with E-state index in [-0.39, 0.29) is 17.6 Å². The molecule has 0 saturated carbocycles. The van der Waals surface area contributed by atoms with Gasteiger partial charge < -0.3 is 5.11 Å². The van der Waals surface area contributed by atoms with E-state index in [1.165, 1.54) is 29.1 Å². The van der Waals surface area contributed by atoms with Crippen LogP contribution in [-0.4, -0.2) is 25.7 Å². The van der Waals surface area contributed by atoms with Crippen molar-refractivity contribution in [3.63, 3.8) is 0 Å². The molecule has 0 amide bonds. The zero-order valence-electron chi connectivity index (χ0n) is 9.61. The average Bonchev–Trinajstić information content (AvgIpc) is 2.32. The maximum atomic E-state index is 12.0. The first-order valence-electron chi connectivity index (χ1n) is 5.30. The van der Waals surface area contributed by atoms with Crippen LogP contribution >= 0.6 is 0 Å². The smallest absolute Gasteiger partial charge is 0.270 e. The van der Waals surface area contributed by atoms with Gasteiger partial charge in [0.2, 0.25) is 0 Å². The summed E-state index contributed by atoms with van der Waals surface area (Å²) >= 11 is 0. The maximum absolute atomic E-state index is 12.0. The number of nitro groups is 1. The van der Waals surface area contributed by atoms with Gasteiger partial charge in [-0.1, -0.05) is 0 Å². The summed E-state index contributed by atoms with van der Waals surface area (Å²) in [6.07, 6.45) is 0.629. The quantitative estimate of drug-likeness (QED) is 0.637. The van der Waals surface area contributed by atoms with E-state index >= 15 is 0 Å². The van der Waals surface area contributed by atoms with Crippen molar-refractivity contribution < 1.29 is 10.0 Å². The first kappa shape index (κ1) is 12.2. The predicted molar refractivity (Wildman–Crippen MR) is 64.3 cm³/mol. The van der Waals surface area contributed by atoms with Crippen molar-refractivity contribution >= 4 is 16.6 Å². The first-order chi connectivity index (χ1) is 8.49. The Balaban J connectivity index is 2.64. The Morgan fingerprint density at radius 1 is 1.56 bits per heavy atom. The van der Waals surface area contributed by atoms with E-state index in [1.54, 1.807) is 6.92 Å². The van der Waals surface area contributed by atoms with Gasteiger partial charge in [0.1, 0.15) is 0 Å². The summed E-state index contributed by atoms with van der Waals surface area (Å²) in [7, 11) is 0. The number of aliphatic hydroxyl groups is 1. The molecule has 1 aromatic carbocycles. The number of aliphatic hydroxyl groups excluding tert-OH is 1. The molecular weight excluding hydrogens is 238 g/mol. The Kier molecular flexibility index (Phi) is 3.07. The molecule has 1 atom stereocenters. The average molecular weight is 249 g/mol. The SMILES string of the molecule is CC(O)Cn1cnc2ccc([N+](=O)[O-])cc2c1=O. The zero-order valence-corrected chi connectivity index (χ0v) is 9.61. The van der Waals surface area contributed by atoms with Crippen LogP contribution in [-0.2, 0) is 6.54 Å². The Morgan fingerprint density at radius 3 is 2.89 bits per heavy atom. The van der Waals surface area contributed by atoms with E-state index in [0.717, 1.165) is 0 Å². The summed E-state index contributed by atoms with van der Waals surface area (Å²) in [5, 5.41) is 20.1. The lowest BCUT2D eigenvalue weighted by Gasteiger charge is -2.08. The number of nitrogens with zero attached hydrogens (tertiary/aromatic N) is 3. The van der Waals surface area contributed by atoms with Crippen LogP contribution in [0, 0.1) is 10.1 Å². The Bertz CT molecular complexity index is 663. The lowest BCUT2D eigenvalue weighted by atomic mass is 10.2. The fraction of sp³-hybridized carbons (Fsp3) is 0.273. The summed E-state index contributed by atoms with van der Waals surface area (Å²) in [4.78, 5) is 26.1. The van der Waals surface area contributed by atoms with Crippen molar-refractivity contribution in [2.24, 2.45) is 0 Å². The van der Waals surface area contributed by atoms with Crippen LogP contribution in [0.3, 0.4) is 0 Å². The molecule has 0 spiro atoms. The van der Waals surface area contributed by atoms with Gasteiger partial charge in [-0.05, 0) is 13.0 Å². The van der Waals surface area contributed by atoms with Crippen molar-refractivity contribution in [1.82, 2.24) is 9.55 Å². The second-order valence-electron chi connectivity index (χ2n) is 4.01. The van der Waals surface area contributed by atoms with E-state index in [0.29, 0.717) is 5.52 Å². The van der Waals surface area contributed by atoms with Gasteiger partial charge in [0.25, 0.3) is 11.2 Å². The monoisotopic (exact) mass is 249 g/mol. The van der Waals surface area contributed by atoms with Crippen LogP contribution < -0.4 is 5.56 Å². The second-order valence-corrected chi connectivity index (χ2v) is 4.01. The highest BCUT2D eigenvalue weighted by atomic mass is 16.6. The largest absolute Gasteiger partial charge is 0.392 e. The number of hydrogen-bond donors (Lipinski definition) is 1. The maximum Gasteiger partial charge on any atom is 0.270 e. The van der Waals surface area contributed by atoms with E-state index in [1.807, 2.05) is 0 Å². The number of aromatic nitrogens is 2. The molecule has 1 heterocycles. The van der Waals surface area contributed by atoms with E-state index in [9.17, 15) is 20.0 Å². The molecule has 18 heavy (non-hydrogen) atoms. The van der Waals surface area contributed by atoms with E-state index < -0.39 is 16.6 Å². The standard InChI is InChI=1S/C11H11N3O4/c1-7(15)5-13-6-12-10-3-2-8(14(17)18)4-9(10)11(13)16/h2-4,6-7,15H,5H2,1H3. The highest BCUT2D eigenvalue weighted by molar-refractivity contribution is 5.79. The molecule has 0 bridgehead atoms. The van der Waals surface area contributed by atoms with Crippen LogP contribution in [0.25, 0.3) is 10.9 Å². The minimum atomic E-state index is -0.694. The van der Waals surface area contributed by atoms with Gasteiger partial charge in [0.15, 0.2) is 0 Å². The van der Waals surface area contributed by atoms with Gasteiger partial charge in [-0.25, -0.2) is 4.98 Å². The number of hydrogen-bond acceptors (Lipinski definition) is 5. The fourth-order valence-corrected chi connectivity index (χ4v) is 1.68. The summed E-state index contributed by atoms with van der Waals surface area (Å²) in [6, 6.07) is 3.93. The molecule has 1 aromatic heterocycles. The first-order valence-corrected chi connectivity index (χ1v) is 5.30. The molecular formula is C11H11N3O4. The molecule has 7 nitrogen and oxygen atoms in total. The molecule has 94 valence electrons. The molecule has 1 unspecified atom stereocenters. The van der Waals surface area contributed by atoms with Crippen molar-refractivity contribution in [3.05, 3.63) is 45.0 Å². The lowest BCUT2D eigenvalue weighted by molar-refractivity contribution is -0.384. The Hall–Kier alpha value is -2.28. The molecule has 0 saturated heterocycles. The van der Waals surface area contributed by atoms with Crippen molar-refractivity contribution in [3.8, 4) is 0 Å². The van der Waals surface area contributed by atoms with Gasteiger partial charge in [0.05, 0.1) is 34.8 Å². The van der Waals surface area contributed by atoms with Crippen LogP contribution in [0.1, 0.15) is 6.92 Å². The topological polar surface area (TPSA) is 98.3 Å². The second kappa shape index (κ2) is 4.53. The van der Waals surface area contributed by atoms with Crippen molar-refractivity contribution in [2.75, 3.05) is 0 Å². The molecule has 0 fully saturated rings. The third-order valence-electron chi connectivity index (χ3n) is 2.48. The predicted octanol–water partition coefficient (Wildman–Crippen LogP) is 0.685. The summed E-state index contributed by atoms with van der Waals surface area (Å²) in [6.45, 7) is 1.65. The Labute approximate surface area is 101 Å². The van der Waals surface area contributed by atoms with Gasteiger partial charge in [-0.3, -0.25) is 19.5 Å². The van der Waals surface area contributed by atoms with Crippen LogP contribution in [0.4, 0.5) is 5.69 Å². The zero-order chi connectivity index (χ0) is 13.3. The molecule has 1 N–H and O–H groups in total. The van der Waals surface area contributed by atoms with E-state index in [4.69, 9.17) is 0 Å². The number of rotatable bonds is 3. The molecule has 0 aliphatic carbocycles. The third kappa shape index (κ3) is 2.21. The fourth-order valence-electron chi connectivity index (χ4n) is 1.68. The highest BCUT2D eigenvalue weighted by Gasteiger charge is 2.11. The minimum Gasteiger partial charge on any atom is -0.392 e. The molecule has 2 aromatic rings. The van der Waals surface area contributed by atoms with Crippen LogP contribution in [0.15, 0.2) is 29.3 Å². The van der Waals surface area contributed by atoms with Gasteiger partial charge in [0, 0.05) is 12.1 Å². The van der Waals surface area contributed by atoms with Crippen LogP contribution in [0.5, 0.6) is 0 Å². The normalized spacial score (nSPS) is 12.6. The molecule has 2 rings (SSSR count). The minimum absolute atomic E-state index is 0.102. The summed E-state index contributed by atoms with van der Waals surface area (Å²) < 4.78 is 1.23. The van der Waals surface area contributed by atoms with Crippen LogP contribution in [0.2, 0.25) is 0 Å². The molecule has 0 radical (unpaired) electrons. The molecule has 0 aliphatic rings.